The number of aromatic nitrogens is 2. The highest BCUT2D eigenvalue weighted by Crippen LogP contribution is 2.34. The SMILES string of the molecule is COC(=O)c1ccccc1NC(=O)[C@@H]1CC(=O)Nc2c(C)c(-c3ccc(F)cc3)nn21. The van der Waals surface area contributed by atoms with Crippen molar-refractivity contribution in [3.05, 3.63) is 65.5 Å². The van der Waals surface area contributed by atoms with Gasteiger partial charge in [-0.15, -0.1) is 0 Å². The summed E-state index contributed by atoms with van der Waals surface area (Å²) in [6.45, 7) is 1.77. The van der Waals surface area contributed by atoms with Crippen molar-refractivity contribution < 1.29 is 23.5 Å². The Hall–Kier alpha value is -4.01. The Kier molecular flexibility index (Phi) is 5.24. The smallest absolute Gasteiger partial charge is 0.339 e. The van der Waals surface area contributed by atoms with Crippen LogP contribution in [-0.2, 0) is 14.3 Å². The fraction of sp³-hybridized carbons (Fsp3) is 0.182. The third kappa shape index (κ3) is 3.77. The molecule has 1 atom stereocenters. The predicted molar refractivity (Wildman–Crippen MR) is 111 cm³/mol. The van der Waals surface area contributed by atoms with Gasteiger partial charge in [-0.3, -0.25) is 9.59 Å². The van der Waals surface area contributed by atoms with Gasteiger partial charge in [-0.2, -0.15) is 5.10 Å². The number of fused-ring (bicyclic) bond motifs is 1. The minimum Gasteiger partial charge on any atom is -0.465 e. The van der Waals surface area contributed by atoms with E-state index in [2.05, 4.69) is 15.7 Å². The summed E-state index contributed by atoms with van der Waals surface area (Å²) < 4.78 is 19.5. The summed E-state index contributed by atoms with van der Waals surface area (Å²) in [6.07, 6.45) is -0.122. The highest BCUT2D eigenvalue weighted by molar-refractivity contribution is 6.05. The molecular weight excluding hydrogens is 403 g/mol. The Balaban J connectivity index is 1.69. The lowest BCUT2D eigenvalue weighted by atomic mass is 10.1. The van der Waals surface area contributed by atoms with Crippen LogP contribution < -0.4 is 10.6 Å². The van der Waals surface area contributed by atoms with Crippen LogP contribution in [0.5, 0.6) is 0 Å². The molecule has 0 spiro atoms. The first-order chi connectivity index (χ1) is 14.9. The molecule has 2 heterocycles. The van der Waals surface area contributed by atoms with Crippen LogP contribution in [0.4, 0.5) is 15.9 Å². The molecule has 2 amide bonds. The Bertz CT molecular complexity index is 1190. The van der Waals surface area contributed by atoms with Gasteiger partial charge in [0.15, 0.2) is 0 Å². The molecule has 0 radical (unpaired) electrons. The topological polar surface area (TPSA) is 102 Å². The molecular formula is C22H19FN4O4. The number of nitrogens with zero attached hydrogens (tertiary/aromatic N) is 2. The summed E-state index contributed by atoms with van der Waals surface area (Å²) in [4.78, 5) is 37.4. The van der Waals surface area contributed by atoms with Gasteiger partial charge in [-0.05, 0) is 43.3 Å². The number of esters is 1. The Morgan fingerprint density at radius 1 is 1.19 bits per heavy atom. The van der Waals surface area contributed by atoms with E-state index in [4.69, 9.17) is 4.74 Å². The molecule has 0 saturated heterocycles. The van der Waals surface area contributed by atoms with Crippen molar-refractivity contribution in [1.29, 1.82) is 0 Å². The largest absolute Gasteiger partial charge is 0.465 e. The number of anilines is 2. The van der Waals surface area contributed by atoms with E-state index in [-0.39, 0.29) is 29.4 Å². The molecule has 2 aromatic carbocycles. The molecule has 2 N–H and O–H groups in total. The zero-order chi connectivity index (χ0) is 22.1. The standard InChI is InChI=1S/C22H19FN4O4/c1-12-19(13-7-9-14(23)10-8-13)26-27-17(11-18(28)25-20(12)27)21(29)24-16-6-4-3-5-15(16)22(30)31-2/h3-10,17H,11H2,1-2H3,(H,24,29)(H,25,28)/t17-/m0/s1. The van der Waals surface area contributed by atoms with Crippen molar-refractivity contribution in [2.75, 3.05) is 17.7 Å². The van der Waals surface area contributed by atoms with Crippen LogP contribution in [0.25, 0.3) is 11.3 Å². The minimum atomic E-state index is -0.928. The van der Waals surface area contributed by atoms with Crippen LogP contribution in [0.2, 0.25) is 0 Å². The van der Waals surface area contributed by atoms with Crippen LogP contribution in [0, 0.1) is 12.7 Å². The molecule has 3 aromatic rings. The van der Waals surface area contributed by atoms with Gasteiger partial charge in [-0.25, -0.2) is 13.9 Å². The summed E-state index contributed by atoms with van der Waals surface area (Å²) in [7, 11) is 1.25. The number of halogens is 1. The van der Waals surface area contributed by atoms with Crippen LogP contribution in [0.15, 0.2) is 48.5 Å². The molecule has 0 fully saturated rings. The van der Waals surface area contributed by atoms with Crippen LogP contribution in [0.3, 0.4) is 0 Å². The number of nitrogens with one attached hydrogen (secondary N) is 2. The third-order valence-corrected chi connectivity index (χ3v) is 5.09. The van der Waals surface area contributed by atoms with Gasteiger partial charge in [0, 0.05) is 11.1 Å². The maximum atomic E-state index is 13.3. The number of ether oxygens (including phenoxy) is 1. The number of benzene rings is 2. The molecule has 0 aliphatic carbocycles. The lowest BCUT2D eigenvalue weighted by molar-refractivity contribution is -0.125. The number of amides is 2. The lowest BCUT2D eigenvalue weighted by Gasteiger charge is -2.24. The predicted octanol–water partition coefficient (Wildman–Crippen LogP) is 3.31. The number of para-hydroxylation sites is 1. The van der Waals surface area contributed by atoms with E-state index in [1.54, 1.807) is 37.3 Å². The van der Waals surface area contributed by atoms with Crippen molar-refractivity contribution in [2.45, 2.75) is 19.4 Å². The van der Waals surface area contributed by atoms with E-state index in [1.807, 2.05) is 0 Å². The van der Waals surface area contributed by atoms with Crippen molar-refractivity contribution in [1.82, 2.24) is 9.78 Å². The third-order valence-electron chi connectivity index (χ3n) is 5.09. The average molecular weight is 422 g/mol. The number of carbonyl (C=O) groups is 3. The average Bonchev–Trinajstić information content (AvgIpc) is 3.10. The van der Waals surface area contributed by atoms with E-state index in [0.29, 0.717) is 22.6 Å². The second kappa shape index (κ2) is 8.02. The molecule has 4 rings (SSSR count). The van der Waals surface area contributed by atoms with Crippen molar-refractivity contribution >= 4 is 29.3 Å². The van der Waals surface area contributed by atoms with Crippen molar-refractivity contribution in [3.8, 4) is 11.3 Å². The molecule has 8 nitrogen and oxygen atoms in total. The van der Waals surface area contributed by atoms with Crippen molar-refractivity contribution in [2.24, 2.45) is 0 Å². The van der Waals surface area contributed by atoms with Gasteiger partial charge < -0.3 is 15.4 Å². The molecule has 1 aliphatic rings. The van der Waals surface area contributed by atoms with Gasteiger partial charge in [0.25, 0.3) is 0 Å². The van der Waals surface area contributed by atoms with Crippen LogP contribution in [0.1, 0.15) is 28.4 Å². The molecule has 0 saturated carbocycles. The number of methoxy groups -OCH3 is 1. The summed E-state index contributed by atoms with van der Waals surface area (Å²) in [6, 6.07) is 11.3. The zero-order valence-electron chi connectivity index (χ0n) is 16.8. The minimum absolute atomic E-state index is 0.122. The summed E-state index contributed by atoms with van der Waals surface area (Å²) >= 11 is 0. The Morgan fingerprint density at radius 3 is 2.61 bits per heavy atom. The van der Waals surface area contributed by atoms with E-state index in [0.717, 1.165) is 0 Å². The van der Waals surface area contributed by atoms with Gasteiger partial charge >= 0.3 is 5.97 Å². The van der Waals surface area contributed by atoms with E-state index < -0.39 is 17.9 Å². The van der Waals surface area contributed by atoms with Crippen LogP contribution >= 0.6 is 0 Å². The second-order valence-corrected chi connectivity index (χ2v) is 7.07. The maximum absolute atomic E-state index is 13.3. The Morgan fingerprint density at radius 2 is 1.90 bits per heavy atom. The normalized spacial score (nSPS) is 15.1. The second-order valence-electron chi connectivity index (χ2n) is 7.07. The molecule has 0 bridgehead atoms. The van der Waals surface area contributed by atoms with Gasteiger partial charge in [0.05, 0.1) is 30.5 Å². The molecule has 0 unspecified atom stereocenters. The quantitative estimate of drug-likeness (QED) is 0.628. The Labute approximate surface area is 177 Å². The highest BCUT2D eigenvalue weighted by Gasteiger charge is 2.34. The van der Waals surface area contributed by atoms with E-state index in [1.165, 1.54) is 30.0 Å². The zero-order valence-corrected chi connectivity index (χ0v) is 16.8. The first kappa shape index (κ1) is 20.3. The van der Waals surface area contributed by atoms with Crippen molar-refractivity contribution in [3.63, 3.8) is 0 Å². The number of carbonyl (C=O) groups excluding carboxylic acids is 3. The maximum Gasteiger partial charge on any atom is 0.339 e. The number of hydrogen-bond donors (Lipinski definition) is 2. The van der Waals surface area contributed by atoms with Gasteiger partial charge in [0.1, 0.15) is 17.7 Å². The number of hydrogen-bond acceptors (Lipinski definition) is 5. The molecule has 1 aromatic heterocycles. The molecule has 31 heavy (non-hydrogen) atoms. The van der Waals surface area contributed by atoms with Gasteiger partial charge in [-0.1, -0.05) is 12.1 Å². The van der Waals surface area contributed by atoms with Crippen LogP contribution in [-0.4, -0.2) is 34.7 Å². The van der Waals surface area contributed by atoms with E-state index >= 15 is 0 Å². The molecule has 1 aliphatic heterocycles. The monoisotopic (exact) mass is 422 g/mol. The summed E-state index contributed by atoms with van der Waals surface area (Å²) in [5, 5.41) is 9.98. The lowest BCUT2D eigenvalue weighted by Crippen LogP contribution is -2.36. The van der Waals surface area contributed by atoms with E-state index in [9.17, 15) is 18.8 Å². The highest BCUT2D eigenvalue weighted by atomic mass is 19.1. The fourth-order valence-electron chi connectivity index (χ4n) is 3.52. The molecule has 9 heteroatoms. The summed E-state index contributed by atoms with van der Waals surface area (Å²) in [5.41, 5.74) is 2.32. The first-order valence-electron chi connectivity index (χ1n) is 9.52. The molecule has 158 valence electrons. The fourth-order valence-corrected chi connectivity index (χ4v) is 3.52. The number of rotatable bonds is 4. The van der Waals surface area contributed by atoms with Gasteiger partial charge in [0.2, 0.25) is 11.8 Å². The summed E-state index contributed by atoms with van der Waals surface area (Å²) in [5.74, 6) is -1.40. The first-order valence-corrected chi connectivity index (χ1v) is 9.52.